The SMILES string of the molecule is Cc1ccc(C(CN)NN2CCCCC2)cc1Cl. The molecule has 1 fully saturated rings. The Morgan fingerprint density at radius 1 is 1.33 bits per heavy atom. The number of halogens is 1. The monoisotopic (exact) mass is 267 g/mol. The van der Waals surface area contributed by atoms with E-state index < -0.39 is 0 Å². The predicted molar refractivity (Wildman–Crippen MR) is 76.5 cm³/mol. The summed E-state index contributed by atoms with van der Waals surface area (Å²) in [6, 6.07) is 6.33. The van der Waals surface area contributed by atoms with E-state index in [9.17, 15) is 0 Å². The van der Waals surface area contributed by atoms with Gasteiger partial charge < -0.3 is 5.73 Å². The Morgan fingerprint density at radius 2 is 2.06 bits per heavy atom. The molecule has 0 bridgehead atoms. The van der Waals surface area contributed by atoms with Gasteiger partial charge in [-0.05, 0) is 37.0 Å². The number of hydrogen-bond acceptors (Lipinski definition) is 3. The lowest BCUT2D eigenvalue weighted by Crippen LogP contribution is -2.45. The fourth-order valence-electron chi connectivity index (χ4n) is 2.33. The lowest BCUT2D eigenvalue weighted by atomic mass is 10.1. The van der Waals surface area contributed by atoms with Crippen molar-refractivity contribution in [1.29, 1.82) is 0 Å². The molecule has 2 rings (SSSR count). The summed E-state index contributed by atoms with van der Waals surface area (Å²) < 4.78 is 0. The number of hydrogen-bond donors (Lipinski definition) is 2. The molecule has 4 heteroatoms. The van der Waals surface area contributed by atoms with Crippen LogP contribution >= 0.6 is 11.6 Å². The zero-order chi connectivity index (χ0) is 13.0. The summed E-state index contributed by atoms with van der Waals surface area (Å²) in [5.41, 5.74) is 11.7. The van der Waals surface area contributed by atoms with Crippen LogP contribution in [0.25, 0.3) is 0 Å². The van der Waals surface area contributed by atoms with Gasteiger partial charge in [0.1, 0.15) is 0 Å². The van der Waals surface area contributed by atoms with E-state index in [0.29, 0.717) is 6.54 Å². The van der Waals surface area contributed by atoms with Crippen molar-refractivity contribution in [2.75, 3.05) is 19.6 Å². The summed E-state index contributed by atoms with van der Waals surface area (Å²) in [5.74, 6) is 0. The number of nitrogens with two attached hydrogens (primary N) is 1. The zero-order valence-electron chi connectivity index (χ0n) is 11.0. The van der Waals surface area contributed by atoms with Crippen molar-refractivity contribution in [2.45, 2.75) is 32.2 Å². The van der Waals surface area contributed by atoms with Crippen molar-refractivity contribution in [3.63, 3.8) is 0 Å². The Kier molecular flexibility index (Phi) is 5.01. The third-order valence-electron chi connectivity index (χ3n) is 3.53. The highest BCUT2D eigenvalue weighted by atomic mass is 35.5. The summed E-state index contributed by atoms with van der Waals surface area (Å²) in [4.78, 5) is 0. The van der Waals surface area contributed by atoms with Crippen molar-refractivity contribution in [1.82, 2.24) is 10.4 Å². The molecule has 1 unspecified atom stereocenters. The molecule has 0 spiro atoms. The van der Waals surface area contributed by atoms with E-state index in [1.807, 2.05) is 13.0 Å². The maximum Gasteiger partial charge on any atom is 0.0587 e. The van der Waals surface area contributed by atoms with Crippen molar-refractivity contribution < 1.29 is 0 Å². The van der Waals surface area contributed by atoms with Gasteiger partial charge in [0.25, 0.3) is 0 Å². The lowest BCUT2D eigenvalue weighted by Gasteiger charge is -2.31. The first-order valence-corrected chi connectivity index (χ1v) is 7.05. The Hall–Kier alpha value is -0.610. The first-order valence-electron chi connectivity index (χ1n) is 6.68. The number of hydrazine groups is 1. The van der Waals surface area contributed by atoms with Crippen LogP contribution in [0.4, 0.5) is 0 Å². The molecule has 0 aromatic heterocycles. The van der Waals surface area contributed by atoms with Gasteiger partial charge in [-0.25, -0.2) is 10.4 Å². The zero-order valence-corrected chi connectivity index (χ0v) is 11.7. The van der Waals surface area contributed by atoms with Crippen LogP contribution in [0.5, 0.6) is 0 Å². The van der Waals surface area contributed by atoms with E-state index in [4.69, 9.17) is 17.3 Å². The molecular formula is C14H22ClN3. The number of benzene rings is 1. The Bertz CT molecular complexity index is 389. The third kappa shape index (κ3) is 3.45. The lowest BCUT2D eigenvalue weighted by molar-refractivity contribution is 0.130. The van der Waals surface area contributed by atoms with Gasteiger partial charge in [-0.15, -0.1) is 0 Å². The largest absolute Gasteiger partial charge is 0.329 e. The average Bonchev–Trinajstić information content (AvgIpc) is 2.40. The Balaban J connectivity index is 2.04. The second-order valence-corrected chi connectivity index (χ2v) is 5.38. The maximum absolute atomic E-state index is 6.18. The highest BCUT2D eigenvalue weighted by Crippen LogP contribution is 2.21. The summed E-state index contributed by atoms with van der Waals surface area (Å²) in [7, 11) is 0. The molecule has 0 aliphatic carbocycles. The number of piperidine rings is 1. The van der Waals surface area contributed by atoms with Gasteiger partial charge in [0.05, 0.1) is 6.04 Å². The van der Waals surface area contributed by atoms with Crippen LogP contribution in [0.2, 0.25) is 5.02 Å². The molecule has 3 N–H and O–H groups in total. The summed E-state index contributed by atoms with van der Waals surface area (Å²) in [6.45, 7) is 4.81. The van der Waals surface area contributed by atoms with E-state index in [-0.39, 0.29) is 6.04 Å². The Morgan fingerprint density at radius 3 is 2.67 bits per heavy atom. The second-order valence-electron chi connectivity index (χ2n) is 4.97. The summed E-state index contributed by atoms with van der Waals surface area (Å²) in [6.07, 6.45) is 3.86. The normalized spacial score (nSPS) is 18.8. The van der Waals surface area contributed by atoms with Gasteiger partial charge in [-0.3, -0.25) is 0 Å². The maximum atomic E-state index is 6.18. The highest BCUT2D eigenvalue weighted by molar-refractivity contribution is 6.31. The van der Waals surface area contributed by atoms with Crippen LogP contribution < -0.4 is 11.2 Å². The molecule has 100 valence electrons. The molecule has 1 aromatic carbocycles. The minimum atomic E-state index is 0.154. The molecule has 1 aliphatic heterocycles. The minimum Gasteiger partial charge on any atom is -0.329 e. The first-order chi connectivity index (χ1) is 8.70. The topological polar surface area (TPSA) is 41.3 Å². The average molecular weight is 268 g/mol. The molecule has 18 heavy (non-hydrogen) atoms. The molecule has 1 saturated heterocycles. The molecule has 0 radical (unpaired) electrons. The van der Waals surface area contributed by atoms with Crippen molar-refractivity contribution in [2.24, 2.45) is 5.73 Å². The van der Waals surface area contributed by atoms with Crippen LogP contribution in [0.1, 0.15) is 36.4 Å². The van der Waals surface area contributed by atoms with Crippen molar-refractivity contribution >= 4 is 11.6 Å². The van der Waals surface area contributed by atoms with Gasteiger partial charge in [-0.1, -0.05) is 30.2 Å². The van der Waals surface area contributed by atoms with E-state index in [0.717, 1.165) is 23.7 Å². The molecule has 3 nitrogen and oxygen atoms in total. The third-order valence-corrected chi connectivity index (χ3v) is 3.94. The first kappa shape index (κ1) is 13.8. The summed E-state index contributed by atoms with van der Waals surface area (Å²) >= 11 is 6.18. The van der Waals surface area contributed by atoms with Gasteiger partial charge in [-0.2, -0.15) is 0 Å². The second kappa shape index (κ2) is 6.53. The number of nitrogens with zero attached hydrogens (tertiary/aromatic N) is 1. The summed E-state index contributed by atoms with van der Waals surface area (Å²) in [5, 5.41) is 3.10. The van der Waals surface area contributed by atoms with E-state index in [1.165, 1.54) is 24.8 Å². The number of rotatable bonds is 4. The van der Waals surface area contributed by atoms with Crippen LogP contribution in [0.15, 0.2) is 18.2 Å². The van der Waals surface area contributed by atoms with E-state index in [2.05, 4.69) is 22.6 Å². The predicted octanol–water partition coefficient (Wildman–Crippen LogP) is 2.64. The molecule has 0 amide bonds. The fraction of sp³-hybridized carbons (Fsp3) is 0.571. The van der Waals surface area contributed by atoms with Gasteiger partial charge in [0.15, 0.2) is 0 Å². The molecular weight excluding hydrogens is 246 g/mol. The molecule has 0 saturated carbocycles. The highest BCUT2D eigenvalue weighted by Gasteiger charge is 2.16. The molecule has 1 atom stereocenters. The van der Waals surface area contributed by atoms with Crippen LogP contribution in [0.3, 0.4) is 0 Å². The standard InChI is InChI=1S/C14H22ClN3/c1-11-5-6-12(9-13(11)15)14(10-16)17-18-7-3-2-4-8-18/h5-6,9,14,17H,2-4,7-8,10,16H2,1H3. The van der Waals surface area contributed by atoms with Crippen LogP contribution in [-0.4, -0.2) is 24.6 Å². The van der Waals surface area contributed by atoms with Gasteiger partial charge in [0, 0.05) is 24.7 Å². The molecule has 1 heterocycles. The molecule has 1 aliphatic rings. The van der Waals surface area contributed by atoms with Gasteiger partial charge in [0.2, 0.25) is 0 Å². The van der Waals surface area contributed by atoms with Gasteiger partial charge >= 0.3 is 0 Å². The molecule has 1 aromatic rings. The number of aryl methyl sites for hydroxylation is 1. The Labute approximate surface area is 114 Å². The quantitative estimate of drug-likeness (QED) is 0.881. The minimum absolute atomic E-state index is 0.154. The van der Waals surface area contributed by atoms with Crippen molar-refractivity contribution in [3.8, 4) is 0 Å². The smallest absolute Gasteiger partial charge is 0.0587 e. The fourth-order valence-corrected chi connectivity index (χ4v) is 2.52. The van der Waals surface area contributed by atoms with E-state index >= 15 is 0 Å². The van der Waals surface area contributed by atoms with Crippen molar-refractivity contribution in [3.05, 3.63) is 34.3 Å². The van der Waals surface area contributed by atoms with Crippen LogP contribution in [-0.2, 0) is 0 Å². The van der Waals surface area contributed by atoms with Crippen LogP contribution in [0, 0.1) is 6.92 Å². The van der Waals surface area contributed by atoms with E-state index in [1.54, 1.807) is 0 Å². The number of nitrogens with one attached hydrogen (secondary N) is 1.